The third-order valence-electron chi connectivity index (χ3n) is 4.41. The first kappa shape index (κ1) is 21.3. The molecule has 0 N–H and O–H groups in total. The highest BCUT2D eigenvalue weighted by Gasteiger charge is 2.27. The molecular formula is C22H27NO5. The monoisotopic (exact) mass is 385 g/mol. The molecule has 1 amide bonds. The maximum atomic E-state index is 13.1. The van der Waals surface area contributed by atoms with E-state index >= 15 is 0 Å². The fraction of sp³-hybridized carbons (Fsp3) is 0.364. The fourth-order valence-electron chi connectivity index (χ4n) is 2.88. The molecule has 0 saturated heterocycles. The number of ether oxygens (including phenoxy) is 3. The molecule has 2 rings (SSSR count). The Bertz CT molecular complexity index is 791. The van der Waals surface area contributed by atoms with Gasteiger partial charge in [0, 0.05) is 6.54 Å². The number of nitrogens with zero attached hydrogens (tertiary/aromatic N) is 1. The Morgan fingerprint density at radius 2 is 1.64 bits per heavy atom. The number of benzene rings is 2. The lowest BCUT2D eigenvalue weighted by atomic mass is 10.1. The Kier molecular flexibility index (Phi) is 7.87. The quantitative estimate of drug-likeness (QED) is 0.620. The van der Waals surface area contributed by atoms with Crippen molar-refractivity contribution in [2.75, 3.05) is 20.8 Å². The van der Waals surface area contributed by atoms with Crippen LogP contribution in [0.1, 0.15) is 25.0 Å². The highest BCUT2D eigenvalue weighted by atomic mass is 16.5. The van der Waals surface area contributed by atoms with Crippen molar-refractivity contribution in [3.8, 4) is 11.5 Å². The first-order valence-electron chi connectivity index (χ1n) is 9.21. The van der Waals surface area contributed by atoms with Crippen molar-refractivity contribution < 1.29 is 23.8 Å². The molecular weight excluding hydrogens is 358 g/mol. The summed E-state index contributed by atoms with van der Waals surface area (Å²) >= 11 is 0. The average Bonchev–Trinajstić information content (AvgIpc) is 2.72. The van der Waals surface area contributed by atoms with Gasteiger partial charge in [-0.1, -0.05) is 36.4 Å². The van der Waals surface area contributed by atoms with Crippen LogP contribution >= 0.6 is 0 Å². The largest absolute Gasteiger partial charge is 0.493 e. The summed E-state index contributed by atoms with van der Waals surface area (Å²) in [5.41, 5.74) is 1.72. The van der Waals surface area contributed by atoms with Crippen molar-refractivity contribution in [2.45, 2.75) is 32.9 Å². The topological polar surface area (TPSA) is 65.1 Å². The second-order valence-corrected chi connectivity index (χ2v) is 6.30. The van der Waals surface area contributed by atoms with E-state index in [0.717, 1.165) is 11.1 Å². The van der Waals surface area contributed by atoms with E-state index in [2.05, 4.69) is 0 Å². The normalized spacial score (nSPS) is 11.4. The molecule has 150 valence electrons. The highest BCUT2D eigenvalue weighted by Crippen LogP contribution is 2.28. The van der Waals surface area contributed by atoms with E-state index in [-0.39, 0.29) is 18.9 Å². The summed E-state index contributed by atoms with van der Waals surface area (Å²) in [6.07, 6.45) is 0.136. The Morgan fingerprint density at radius 1 is 0.964 bits per heavy atom. The summed E-state index contributed by atoms with van der Waals surface area (Å²) < 4.78 is 15.7. The third kappa shape index (κ3) is 5.49. The second-order valence-electron chi connectivity index (χ2n) is 6.30. The summed E-state index contributed by atoms with van der Waals surface area (Å²) in [6.45, 7) is 4.03. The van der Waals surface area contributed by atoms with Crippen LogP contribution in [0.2, 0.25) is 0 Å². The van der Waals surface area contributed by atoms with Crippen LogP contribution in [-0.2, 0) is 27.3 Å². The molecule has 0 fully saturated rings. The maximum absolute atomic E-state index is 13.1. The predicted molar refractivity (Wildman–Crippen MR) is 106 cm³/mol. The molecule has 0 heterocycles. The molecule has 1 atom stereocenters. The number of carbonyl (C=O) groups is 2. The van der Waals surface area contributed by atoms with Gasteiger partial charge < -0.3 is 19.1 Å². The van der Waals surface area contributed by atoms with Gasteiger partial charge in [-0.25, -0.2) is 4.79 Å². The Morgan fingerprint density at radius 3 is 2.25 bits per heavy atom. The molecule has 0 radical (unpaired) electrons. The Labute approximate surface area is 166 Å². The van der Waals surface area contributed by atoms with Gasteiger partial charge in [0.15, 0.2) is 11.5 Å². The SMILES string of the molecule is CCOC(=O)C(C)N(Cc1ccccc1)C(=O)Cc1ccc(OC)c(OC)c1. The van der Waals surface area contributed by atoms with Gasteiger partial charge >= 0.3 is 5.97 Å². The van der Waals surface area contributed by atoms with Gasteiger partial charge in [0.1, 0.15) is 6.04 Å². The number of esters is 1. The average molecular weight is 385 g/mol. The number of rotatable bonds is 9. The smallest absolute Gasteiger partial charge is 0.328 e. The summed E-state index contributed by atoms with van der Waals surface area (Å²) in [4.78, 5) is 26.9. The van der Waals surface area contributed by atoms with E-state index in [9.17, 15) is 9.59 Å². The van der Waals surface area contributed by atoms with Crippen molar-refractivity contribution >= 4 is 11.9 Å². The number of hydrogen-bond donors (Lipinski definition) is 0. The van der Waals surface area contributed by atoms with Gasteiger partial charge in [0.25, 0.3) is 0 Å². The van der Waals surface area contributed by atoms with Crippen LogP contribution in [0.4, 0.5) is 0 Å². The lowest BCUT2D eigenvalue weighted by Gasteiger charge is -2.28. The van der Waals surface area contributed by atoms with E-state index in [1.54, 1.807) is 45.1 Å². The molecule has 6 heteroatoms. The van der Waals surface area contributed by atoms with Crippen LogP contribution in [0.25, 0.3) is 0 Å². The minimum atomic E-state index is -0.687. The minimum Gasteiger partial charge on any atom is -0.493 e. The van der Waals surface area contributed by atoms with Gasteiger partial charge in [0.2, 0.25) is 5.91 Å². The van der Waals surface area contributed by atoms with Crippen LogP contribution in [0.5, 0.6) is 11.5 Å². The van der Waals surface area contributed by atoms with Crippen molar-refractivity contribution in [2.24, 2.45) is 0 Å². The number of amides is 1. The predicted octanol–water partition coefficient (Wildman–Crippen LogP) is 3.23. The molecule has 2 aromatic rings. The molecule has 0 aromatic heterocycles. The third-order valence-corrected chi connectivity index (χ3v) is 4.41. The van der Waals surface area contributed by atoms with Crippen LogP contribution in [0, 0.1) is 0 Å². The van der Waals surface area contributed by atoms with Crippen LogP contribution in [0.15, 0.2) is 48.5 Å². The van der Waals surface area contributed by atoms with E-state index in [0.29, 0.717) is 18.0 Å². The van der Waals surface area contributed by atoms with Gasteiger partial charge in [-0.15, -0.1) is 0 Å². The molecule has 0 bridgehead atoms. The lowest BCUT2D eigenvalue weighted by molar-refractivity contribution is -0.154. The molecule has 0 aliphatic carbocycles. The van der Waals surface area contributed by atoms with Gasteiger partial charge in [-0.2, -0.15) is 0 Å². The number of methoxy groups -OCH3 is 2. The first-order valence-corrected chi connectivity index (χ1v) is 9.21. The molecule has 2 aromatic carbocycles. The molecule has 0 aliphatic rings. The van der Waals surface area contributed by atoms with Crippen LogP contribution in [0.3, 0.4) is 0 Å². The molecule has 1 unspecified atom stereocenters. The fourth-order valence-corrected chi connectivity index (χ4v) is 2.88. The van der Waals surface area contributed by atoms with Gasteiger partial charge in [-0.3, -0.25) is 4.79 Å². The van der Waals surface area contributed by atoms with Crippen molar-refractivity contribution in [1.82, 2.24) is 4.90 Å². The number of hydrogen-bond acceptors (Lipinski definition) is 5. The van der Waals surface area contributed by atoms with Crippen molar-refractivity contribution in [1.29, 1.82) is 0 Å². The minimum absolute atomic E-state index is 0.136. The van der Waals surface area contributed by atoms with Crippen LogP contribution in [-0.4, -0.2) is 43.6 Å². The zero-order chi connectivity index (χ0) is 20.5. The first-order chi connectivity index (χ1) is 13.5. The van der Waals surface area contributed by atoms with E-state index in [4.69, 9.17) is 14.2 Å². The lowest BCUT2D eigenvalue weighted by Crippen LogP contribution is -2.44. The molecule has 0 saturated carbocycles. The van der Waals surface area contributed by atoms with Crippen LogP contribution < -0.4 is 9.47 Å². The van der Waals surface area contributed by atoms with Crippen molar-refractivity contribution in [3.63, 3.8) is 0 Å². The summed E-state index contributed by atoms with van der Waals surface area (Å²) in [5, 5.41) is 0. The van der Waals surface area contributed by atoms with Gasteiger partial charge in [-0.05, 0) is 37.1 Å². The zero-order valence-electron chi connectivity index (χ0n) is 16.8. The van der Waals surface area contributed by atoms with E-state index in [1.165, 1.54) is 0 Å². The van der Waals surface area contributed by atoms with E-state index in [1.807, 2.05) is 36.4 Å². The summed E-state index contributed by atoms with van der Waals surface area (Å²) in [5.74, 6) is 0.566. The maximum Gasteiger partial charge on any atom is 0.328 e. The van der Waals surface area contributed by atoms with Crippen molar-refractivity contribution in [3.05, 3.63) is 59.7 Å². The Balaban J connectivity index is 2.23. The standard InChI is InChI=1S/C22H27NO5/c1-5-28-22(25)16(2)23(15-17-9-7-6-8-10-17)21(24)14-18-11-12-19(26-3)20(13-18)27-4/h6-13,16H,5,14-15H2,1-4H3. The second kappa shape index (κ2) is 10.3. The molecule has 28 heavy (non-hydrogen) atoms. The number of carbonyl (C=O) groups excluding carboxylic acids is 2. The molecule has 6 nitrogen and oxygen atoms in total. The van der Waals surface area contributed by atoms with Gasteiger partial charge in [0.05, 0.1) is 27.2 Å². The Hall–Kier alpha value is -3.02. The zero-order valence-corrected chi connectivity index (χ0v) is 16.8. The summed E-state index contributed by atoms with van der Waals surface area (Å²) in [6, 6.07) is 14.2. The molecule has 0 spiro atoms. The highest BCUT2D eigenvalue weighted by molar-refractivity contribution is 5.85. The molecule has 0 aliphatic heterocycles. The summed E-state index contributed by atoms with van der Waals surface area (Å²) in [7, 11) is 3.11. The van der Waals surface area contributed by atoms with E-state index < -0.39 is 12.0 Å².